The lowest BCUT2D eigenvalue weighted by atomic mass is 10.2. The molecule has 0 unspecified atom stereocenters. The summed E-state index contributed by atoms with van der Waals surface area (Å²) >= 11 is 5.20. The summed E-state index contributed by atoms with van der Waals surface area (Å²) in [6.45, 7) is 0. The molecule has 0 saturated carbocycles. The average molecular weight is 328 g/mol. The van der Waals surface area contributed by atoms with E-state index in [-0.39, 0.29) is 5.82 Å². The van der Waals surface area contributed by atoms with E-state index in [9.17, 15) is 4.39 Å². The highest BCUT2D eigenvalue weighted by molar-refractivity contribution is 7.71. The van der Waals surface area contributed by atoms with Gasteiger partial charge in [0.1, 0.15) is 11.6 Å². The molecule has 5 nitrogen and oxygen atoms in total. The van der Waals surface area contributed by atoms with Gasteiger partial charge in [-0.1, -0.05) is 12.1 Å². The number of nitrogens with one attached hydrogen (secondary N) is 1. The first-order valence-electron chi connectivity index (χ1n) is 6.79. The molecule has 3 rings (SSSR count). The van der Waals surface area contributed by atoms with Crippen LogP contribution < -0.4 is 4.74 Å². The molecule has 0 bridgehead atoms. The lowest BCUT2D eigenvalue weighted by Crippen LogP contribution is -1.95. The van der Waals surface area contributed by atoms with E-state index in [1.807, 2.05) is 24.3 Å². The minimum Gasteiger partial charge on any atom is -0.497 e. The number of benzene rings is 2. The standard InChI is InChI=1S/C16H13FN4OS/c1-22-14-8-4-12(5-9-14)15-19-20-16(23)21(15)18-10-11-2-6-13(17)7-3-11/h2-10H,1H3,(H,20,23)/b18-10-. The Kier molecular flexibility index (Phi) is 4.29. The van der Waals surface area contributed by atoms with Crippen molar-refractivity contribution in [1.29, 1.82) is 0 Å². The predicted molar refractivity (Wildman–Crippen MR) is 88.8 cm³/mol. The number of ether oxygens (including phenoxy) is 1. The van der Waals surface area contributed by atoms with E-state index >= 15 is 0 Å². The Hall–Kier alpha value is -2.80. The van der Waals surface area contributed by atoms with Gasteiger partial charge in [-0.2, -0.15) is 14.9 Å². The second-order valence-electron chi connectivity index (χ2n) is 4.69. The molecule has 0 fully saturated rings. The topological polar surface area (TPSA) is 55.2 Å². The maximum Gasteiger partial charge on any atom is 0.216 e. The third kappa shape index (κ3) is 3.35. The van der Waals surface area contributed by atoms with Gasteiger partial charge in [0.05, 0.1) is 13.3 Å². The molecule has 3 aromatic rings. The van der Waals surface area contributed by atoms with Gasteiger partial charge in [-0.25, -0.2) is 9.49 Å². The third-order valence-corrected chi connectivity index (χ3v) is 3.46. The number of H-pyrrole nitrogens is 1. The highest BCUT2D eigenvalue weighted by Crippen LogP contribution is 2.20. The zero-order valence-electron chi connectivity index (χ0n) is 12.2. The monoisotopic (exact) mass is 328 g/mol. The molecule has 0 radical (unpaired) electrons. The van der Waals surface area contributed by atoms with Crippen LogP contribution in [0, 0.1) is 10.6 Å². The van der Waals surface area contributed by atoms with Crippen LogP contribution in [0.1, 0.15) is 5.56 Å². The second-order valence-corrected chi connectivity index (χ2v) is 5.08. The van der Waals surface area contributed by atoms with Gasteiger partial charge in [-0.15, -0.1) is 0 Å². The molecule has 0 spiro atoms. The highest BCUT2D eigenvalue weighted by atomic mass is 32.1. The van der Waals surface area contributed by atoms with Crippen LogP contribution in [0.5, 0.6) is 5.75 Å². The first-order valence-corrected chi connectivity index (χ1v) is 7.20. The van der Waals surface area contributed by atoms with E-state index in [1.54, 1.807) is 25.5 Å². The summed E-state index contributed by atoms with van der Waals surface area (Å²) in [7, 11) is 1.61. The number of aromatic nitrogens is 3. The number of aromatic amines is 1. The van der Waals surface area contributed by atoms with Gasteiger partial charge < -0.3 is 4.74 Å². The van der Waals surface area contributed by atoms with Crippen molar-refractivity contribution >= 4 is 18.4 Å². The number of hydrogen-bond acceptors (Lipinski definition) is 4. The zero-order chi connectivity index (χ0) is 16.2. The maximum absolute atomic E-state index is 12.9. The van der Waals surface area contributed by atoms with Crippen molar-refractivity contribution < 1.29 is 9.13 Å². The van der Waals surface area contributed by atoms with E-state index in [2.05, 4.69) is 15.3 Å². The molecule has 116 valence electrons. The van der Waals surface area contributed by atoms with E-state index in [0.717, 1.165) is 16.9 Å². The molecule has 0 aliphatic heterocycles. The molecule has 1 N–H and O–H groups in total. The van der Waals surface area contributed by atoms with Gasteiger partial charge in [0.25, 0.3) is 0 Å². The van der Waals surface area contributed by atoms with Crippen molar-refractivity contribution in [3.8, 4) is 17.1 Å². The molecule has 0 saturated heterocycles. The molecule has 2 aromatic carbocycles. The van der Waals surface area contributed by atoms with Crippen molar-refractivity contribution in [3.63, 3.8) is 0 Å². The van der Waals surface area contributed by atoms with Crippen molar-refractivity contribution in [2.45, 2.75) is 0 Å². The van der Waals surface area contributed by atoms with Crippen LogP contribution in [0.15, 0.2) is 53.6 Å². The van der Waals surface area contributed by atoms with Gasteiger partial charge in [0, 0.05) is 5.56 Å². The van der Waals surface area contributed by atoms with Crippen LogP contribution in [0.25, 0.3) is 11.4 Å². The molecule has 1 heterocycles. The van der Waals surface area contributed by atoms with Crippen LogP contribution in [0.2, 0.25) is 0 Å². The predicted octanol–water partition coefficient (Wildman–Crippen LogP) is 3.64. The molecule has 7 heteroatoms. The lowest BCUT2D eigenvalue weighted by Gasteiger charge is -2.03. The average Bonchev–Trinajstić information content (AvgIpc) is 2.95. The number of rotatable bonds is 4. The largest absolute Gasteiger partial charge is 0.497 e. The smallest absolute Gasteiger partial charge is 0.216 e. The van der Waals surface area contributed by atoms with Gasteiger partial charge >= 0.3 is 0 Å². The fourth-order valence-corrected chi connectivity index (χ4v) is 2.18. The summed E-state index contributed by atoms with van der Waals surface area (Å²) in [5, 5.41) is 11.2. The minimum absolute atomic E-state index is 0.291. The normalized spacial score (nSPS) is 11.0. The minimum atomic E-state index is -0.291. The van der Waals surface area contributed by atoms with Crippen LogP contribution >= 0.6 is 12.2 Å². The van der Waals surface area contributed by atoms with Gasteiger partial charge in [-0.3, -0.25) is 0 Å². The fraction of sp³-hybridized carbons (Fsp3) is 0.0625. The first-order chi connectivity index (χ1) is 11.2. The Morgan fingerprint density at radius 2 is 1.87 bits per heavy atom. The van der Waals surface area contributed by atoms with Crippen LogP contribution in [0.3, 0.4) is 0 Å². The Morgan fingerprint density at radius 1 is 1.17 bits per heavy atom. The molecule has 0 aliphatic carbocycles. The lowest BCUT2D eigenvalue weighted by molar-refractivity contribution is 0.415. The SMILES string of the molecule is COc1ccc(-c2n[nH]c(=S)n2/N=C\c2ccc(F)cc2)cc1. The second kappa shape index (κ2) is 6.53. The highest BCUT2D eigenvalue weighted by Gasteiger charge is 2.08. The summed E-state index contributed by atoms with van der Waals surface area (Å²) in [5.74, 6) is 1.04. The first kappa shape index (κ1) is 15.1. The van der Waals surface area contributed by atoms with E-state index in [4.69, 9.17) is 17.0 Å². The zero-order valence-corrected chi connectivity index (χ0v) is 13.0. The van der Waals surface area contributed by atoms with E-state index < -0.39 is 0 Å². The maximum atomic E-state index is 12.9. The Labute approximate surface area is 137 Å². The van der Waals surface area contributed by atoms with E-state index in [0.29, 0.717) is 10.6 Å². The summed E-state index contributed by atoms with van der Waals surface area (Å²) < 4.78 is 19.9. The Morgan fingerprint density at radius 3 is 2.52 bits per heavy atom. The summed E-state index contributed by atoms with van der Waals surface area (Å²) in [5.41, 5.74) is 1.60. The molecule has 1 aromatic heterocycles. The third-order valence-electron chi connectivity index (χ3n) is 3.19. The van der Waals surface area contributed by atoms with Crippen molar-refractivity contribution in [2.24, 2.45) is 5.10 Å². The molecule has 0 aliphatic rings. The van der Waals surface area contributed by atoms with Crippen LogP contribution in [0.4, 0.5) is 4.39 Å². The molecule has 0 atom stereocenters. The van der Waals surface area contributed by atoms with Gasteiger partial charge in [-0.05, 0) is 54.2 Å². The molecular weight excluding hydrogens is 315 g/mol. The Bertz CT molecular complexity index is 882. The molecule has 23 heavy (non-hydrogen) atoms. The number of halogens is 1. The van der Waals surface area contributed by atoms with Gasteiger partial charge in [0.15, 0.2) is 5.82 Å². The summed E-state index contributed by atoms with van der Waals surface area (Å²) in [4.78, 5) is 0. The summed E-state index contributed by atoms with van der Waals surface area (Å²) in [6.07, 6.45) is 1.60. The van der Waals surface area contributed by atoms with Crippen LogP contribution in [-0.4, -0.2) is 28.2 Å². The van der Waals surface area contributed by atoms with Crippen LogP contribution in [-0.2, 0) is 0 Å². The Balaban J connectivity index is 1.95. The number of methoxy groups -OCH3 is 1. The number of hydrogen-bond donors (Lipinski definition) is 1. The molecular formula is C16H13FN4OS. The van der Waals surface area contributed by atoms with Crippen molar-refractivity contribution in [3.05, 3.63) is 64.7 Å². The fourth-order valence-electron chi connectivity index (χ4n) is 2.00. The summed E-state index contributed by atoms with van der Waals surface area (Å²) in [6, 6.07) is 13.4. The quantitative estimate of drug-likeness (QED) is 0.588. The van der Waals surface area contributed by atoms with Gasteiger partial charge in [0.2, 0.25) is 4.77 Å². The van der Waals surface area contributed by atoms with Crippen molar-refractivity contribution in [2.75, 3.05) is 7.11 Å². The molecule has 0 amide bonds. The number of nitrogens with zero attached hydrogens (tertiary/aromatic N) is 3. The van der Waals surface area contributed by atoms with E-state index in [1.165, 1.54) is 16.8 Å². The van der Waals surface area contributed by atoms with Crippen molar-refractivity contribution in [1.82, 2.24) is 14.9 Å².